The lowest BCUT2D eigenvalue weighted by Gasteiger charge is -2.07. The predicted molar refractivity (Wildman–Crippen MR) is 79.4 cm³/mol. The summed E-state index contributed by atoms with van der Waals surface area (Å²) in [6.45, 7) is 0. The van der Waals surface area contributed by atoms with E-state index in [0.717, 1.165) is 12.1 Å². The third kappa shape index (κ3) is 4.23. The van der Waals surface area contributed by atoms with Crippen LogP contribution in [0.4, 0.5) is 11.4 Å². The Morgan fingerprint density at radius 3 is 2.17 bits per heavy atom. The van der Waals surface area contributed by atoms with E-state index in [1.165, 1.54) is 0 Å². The fourth-order valence-corrected chi connectivity index (χ4v) is 2.85. The van der Waals surface area contributed by atoms with Crippen molar-refractivity contribution >= 4 is 21.5 Å². The summed E-state index contributed by atoms with van der Waals surface area (Å²) in [5, 5.41) is 21.6. The van der Waals surface area contributed by atoms with E-state index in [-0.39, 0.29) is 0 Å². The number of non-ortho nitro benzene ring substituents is 1. The van der Waals surface area contributed by atoms with E-state index in [1.54, 1.807) is 30.3 Å². The largest absolute Gasteiger partial charge is 0.375 e. The molecule has 2 rings (SSSR count). The van der Waals surface area contributed by atoms with Crippen LogP contribution in [0.15, 0.2) is 48.5 Å². The van der Waals surface area contributed by atoms with Gasteiger partial charge in [0.1, 0.15) is 5.75 Å². The maximum Gasteiger partial charge on any atom is 0.319 e. The molecule has 0 aliphatic rings. The maximum absolute atomic E-state index is 12.0. The van der Waals surface area contributed by atoms with E-state index in [2.05, 4.69) is 0 Å². The number of nitrogens with zero attached hydrogens (tertiary/aromatic N) is 2. The summed E-state index contributed by atoms with van der Waals surface area (Å²) in [5.41, 5.74) is -0.891. The molecular formula is C13H10N2O7S. The fourth-order valence-electron chi connectivity index (χ4n) is 1.78. The zero-order valence-corrected chi connectivity index (χ0v) is 12.3. The van der Waals surface area contributed by atoms with Crippen molar-refractivity contribution in [1.29, 1.82) is 0 Å². The molecule has 0 unspecified atom stereocenters. The van der Waals surface area contributed by atoms with E-state index in [0.29, 0.717) is 11.6 Å². The molecule has 0 spiro atoms. The molecule has 0 N–H and O–H groups in total. The molecule has 120 valence electrons. The van der Waals surface area contributed by atoms with Crippen molar-refractivity contribution in [3.63, 3.8) is 0 Å². The summed E-state index contributed by atoms with van der Waals surface area (Å²) in [7, 11) is -4.15. The van der Waals surface area contributed by atoms with E-state index in [9.17, 15) is 28.6 Å². The van der Waals surface area contributed by atoms with Crippen LogP contribution in [-0.4, -0.2) is 18.3 Å². The summed E-state index contributed by atoms with van der Waals surface area (Å²) in [6.07, 6.45) is 0. The van der Waals surface area contributed by atoms with E-state index in [4.69, 9.17) is 4.18 Å². The van der Waals surface area contributed by atoms with Crippen molar-refractivity contribution in [2.75, 3.05) is 0 Å². The smallest absolute Gasteiger partial charge is 0.319 e. The zero-order valence-electron chi connectivity index (χ0n) is 11.5. The van der Waals surface area contributed by atoms with Crippen LogP contribution in [0.1, 0.15) is 5.56 Å². The number of hydrogen-bond acceptors (Lipinski definition) is 7. The van der Waals surface area contributed by atoms with Crippen molar-refractivity contribution in [3.05, 3.63) is 74.3 Å². The van der Waals surface area contributed by atoms with Gasteiger partial charge < -0.3 is 4.18 Å². The quantitative estimate of drug-likeness (QED) is 0.449. The van der Waals surface area contributed by atoms with Crippen molar-refractivity contribution < 1.29 is 22.4 Å². The van der Waals surface area contributed by atoms with Crippen molar-refractivity contribution in [2.45, 2.75) is 5.75 Å². The van der Waals surface area contributed by atoms with Crippen LogP contribution in [0.5, 0.6) is 5.75 Å². The number of nitro benzene ring substituents is 2. The van der Waals surface area contributed by atoms with Crippen molar-refractivity contribution in [2.24, 2.45) is 0 Å². The minimum Gasteiger partial charge on any atom is -0.375 e. The first-order valence-electron chi connectivity index (χ1n) is 6.17. The van der Waals surface area contributed by atoms with Crippen LogP contribution in [0.25, 0.3) is 0 Å². The SMILES string of the molecule is O=[N+]([O-])c1ccc(OS(=O)(=O)Cc2ccccc2)c([N+](=O)[O-])c1. The lowest BCUT2D eigenvalue weighted by atomic mass is 10.2. The molecule has 0 aromatic heterocycles. The molecule has 0 radical (unpaired) electrons. The number of rotatable bonds is 6. The monoisotopic (exact) mass is 338 g/mol. The van der Waals surface area contributed by atoms with E-state index >= 15 is 0 Å². The summed E-state index contributed by atoms with van der Waals surface area (Å²) in [6, 6.07) is 10.6. The summed E-state index contributed by atoms with van der Waals surface area (Å²) in [5.74, 6) is -1.06. The van der Waals surface area contributed by atoms with Gasteiger partial charge in [0.25, 0.3) is 5.69 Å². The average Bonchev–Trinajstić information content (AvgIpc) is 2.47. The van der Waals surface area contributed by atoms with Crippen LogP contribution in [0, 0.1) is 20.2 Å². The molecular weight excluding hydrogens is 328 g/mol. The van der Waals surface area contributed by atoms with Crippen LogP contribution in [0.2, 0.25) is 0 Å². The van der Waals surface area contributed by atoms with Gasteiger partial charge in [0.2, 0.25) is 5.75 Å². The second-order valence-corrected chi connectivity index (χ2v) is 6.01. The van der Waals surface area contributed by atoms with Gasteiger partial charge in [-0.1, -0.05) is 30.3 Å². The molecule has 0 saturated carbocycles. The second kappa shape index (κ2) is 6.40. The third-order valence-electron chi connectivity index (χ3n) is 2.75. The van der Waals surface area contributed by atoms with Crippen LogP contribution < -0.4 is 4.18 Å². The third-order valence-corrected chi connectivity index (χ3v) is 3.87. The summed E-state index contributed by atoms with van der Waals surface area (Å²) >= 11 is 0. The fraction of sp³-hybridized carbons (Fsp3) is 0.0769. The van der Waals surface area contributed by atoms with Gasteiger partial charge >= 0.3 is 15.8 Å². The minimum atomic E-state index is -4.15. The lowest BCUT2D eigenvalue weighted by Crippen LogP contribution is -2.13. The Kier molecular flexibility index (Phi) is 4.55. The van der Waals surface area contributed by atoms with Crippen LogP contribution in [-0.2, 0) is 15.9 Å². The first kappa shape index (κ1) is 16.4. The van der Waals surface area contributed by atoms with Gasteiger partial charge in [0.15, 0.2) is 0 Å². The highest BCUT2D eigenvalue weighted by atomic mass is 32.2. The molecule has 0 fully saturated rings. The molecule has 23 heavy (non-hydrogen) atoms. The van der Waals surface area contributed by atoms with Gasteiger partial charge in [0, 0.05) is 6.07 Å². The topological polar surface area (TPSA) is 130 Å². The zero-order chi connectivity index (χ0) is 17.0. The highest BCUT2D eigenvalue weighted by Crippen LogP contribution is 2.32. The standard InChI is InChI=1S/C13H10N2O7S/c16-14(17)11-6-7-13(12(8-11)15(18)19)22-23(20,21)9-10-4-2-1-3-5-10/h1-8H,9H2. The van der Waals surface area contributed by atoms with Gasteiger partial charge in [-0.05, 0) is 11.6 Å². The van der Waals surface area contributed by atoms with Gasteiger partial charge in [-0.3, -0.25) is 20.2 Å². The van der Waals surface area contributed by atoms with Gasteiger partial charge in [0.05, 0.1) is 15.9 Å². The molecule has 2 aromatic rings. The number of hydrogen-bond donors (Lipinski definition) is 0. The summed E-state index contributed by atoms with van der Waals surface area (Å²) < 4.78 is 28.7. The minimum absolute atomic E-state index is 0.442. The number of benzene rings is 2. The van der Waals surface area contributed by atoms with E-state index in [1.807, 2.05) is 0 Å². The molecule has 0 heterocycles. The Morgan fingerprint density at radius 2 is 1.61 bits per heavy atom. The Morgan fingerprint density at radius 1 is 0.957 bits per heavy atom. The number of nitro groups is 2. The average molecular weight is 338 g/mol. The lowest BCUT2D eigenvalue weighted by molar-refractivity contribution is -0.394. The Balaban J connectivity index is 2.31. The highest BCUT2D eigenvalue weighted by Gasteiger charge is 2.25. The normalized spacial score (nSPS) is 11.0. The predicted octanol–water partition coefficient (Wildman–Crippen LogP) is 2.41. The van der Waals surface area contributed by atoms with Crippen LogP contribution >= 0.6 is 0 Å². The molecule has 0 aliphatic heterocycles. The first-order valence-corrected chi connectivity index (χ1v) is 7.75. The molecule has 0 saturated heterocycles. The molecule has 0 aliphatic carbocycles. The maximum atomic E-state index is 12.0. The Hall–Kier alpha value is -3.01. The molecule has 0 bridgehead atoms. The van der Waals surface area contributed by atoms with Gasteiger partial charge in [-0.15, -0.1) is 0 Å². The molecule has 0 atom stereocenters. The molecule has 0 amide bonds. The van der Waals surface area contributed by atoms with Gasteiger partial charge in [-0.2, -0.15) is 8.42 Å². The Labute approximate surface area is 130 Å². The molecule has 2 aromatic carbocycles. The highest BCUT2D eigenvalue weighted by molar-refractivity contribution is 7.86. The molecule has 9 nitrogen and oxygen atoms in total. The summed E-state index contributed by atoms with van der Waals surface area (Å²) in [4.78, 5) is 19.8. The molecule has 10 heteroatoms. The first-order chi connectivity index (χ1) is 10.8. The van der Waals surface area contributed by atoms with Gasteiger partial charge in [-0.25, -0.2) is 0 Å². The van der Waals surface area contributed by atoms with E-state index < -0.39 is 42.8 Å². The van der Waals surface area contributed by atoms with Crippen LogP contribution in [0.3, 0.4) is 0 Å². The van der Waals surface area contributed by atoms with Crippen molar-refractivity contribution in [1.82, 2.24) is 0 Å². The van der Waals surface area contributed by atoms with Crippen molar-refractivity contribution in [3.8, 4) is 5.75 Å². The Bertz CT molecular complexity index is 850. The second-order valence-electron chi connectivity index (χ2n) is 4.44.